The Morgan fingerprint density at radius 3 is 2.60 bits per heavy atom. The van der Waals surface area contributed by atoms with Crippen molar-refractivity contribution in [2.75, 3.05) is 19.6 Å². The van der Waals surface area contributed by atoms with Crippen LogP contribution in [0, 0.1) is 23.7 Å². The molecule has 0 amide bonds. The number of Topliss-reactive ketones (excluding diaryl/α,β-unsaturated/α-hetero) is 1. The molecule has 4 unspecified atom stereocenters. The maximum Gasteiger partial charge on any atom is 0.393 e. The minimum atomic E-state index is -4.10. The lowest BCUT2D eigenvalue weighted by atomic mass is 9.74. The number of hydrogen-bond donors (Lipinski definition) is 0. The molecule has 1 saturated carbocycles. The van der Waals surface area contributed by atoms with Crippen LogP contribution in [0.4, 0.5) is 13.2 Å². The highest BCUT2D eigenvalue weighted by molar-refractivity contribution is 5.82. The third-order valence-corrected chi connectivity index (χ3v) is 4.85. The molecule has 0 bridgehead atoms. The van der Waals surface area contributed by atoms with E-state index in [1.54, 1.807) is 0 Å². The normalized spacial score (nSPS) is 37.1. The number of piperidine rings is 1. The van der Waals surface area contributed by atoms with Gasteiger partial charge in [0.05, 0.1) is 5.92 Å². The molecule has 2 rings (SSSR count). The maximum absolute atomic E-state index is 12.8. The summed E-state index contributed by atoms with van der Waals surface area (Å²) in [6.07, 6.45) is -1.70. The molecule has 0 aromatic rings. The molecular weight excluding hydrogens is 267 g/mol. The lowest BCUT2D eigenvalue weighted by Gasteiger charge is -2.39. The Bertz CT molecular complexity index is 356. The van der Waals surface area contributed by atoms with Gasteiger partial charge in [-0.25, -0.2) is 0 Å². The number of halogens is 3. The molecule has 0 aromatic carbocycles. The van der Waals surface area contributed by atoms with Crippen molar-refractivity contribution in [3.8, 4) is 0 Å². The zero-order chi connectivity index (χ0) is 14.9. The van der Waals surface area contributed by atoms with Gasteiger partial charge in [0.25, 0.3) is 0 Å². The van der Waals surface area contributed by atoms with Crippen LogP contribution >= 0.6 is 0 Å². The van der Waals surface area contributed by atoms with Crippen molar-refractivity contribution < 1.29 is 18.0 Å². The van der Waals surface area contributed by atoms with Crippen LogP contribution in [0.25, 0.3) is 0 Å². The Kier molecular flexibility index (Phi) is 4.77. The molecule has 1 aliphatic heterocycles. The molecule has 1 aliphatic carbocycles. The van der Waals surface area contributed by atoms with Gasteiger partial charge in [-0.3, -0.25) is 4.79 Å². The van der Waals surface area contributed by atoms with Gasteiger partial charge in [0.2, 0.25) is 0 Å². The van der Waals surface area contributed by atoms with E-state index in [4.69, 9.17) is 0 Å². The zero-order valence-corrected chi connectivity index (χ0v) is 12.2. The van der Waals surface area contributed by atoms with Crippen molar-refractivity contribution in [1.82, 2.24) is 4.90 Å². The first-order valence-electron chi connectivity index (χ1n) is 7.59. The SMILES string of the molecule is CC1CC(=O)C(CN2CCCC(C(F)(F)F)C2)C(C)C1. The number of carbonyl (C=O) groups is 1. The average molecular weight is 291 g/mol. The number of carbonyl (C=O) groups excluding carboxylic acids is 1. The standard InChI is InChI=1S/C15H24F3NO/c1-10-6-11(2)13(14(20)7-10)9-19-5-3-4-12(8-19)15(16,17)18/h10-13H,3-9H2,1-2H3. The summed E-state index contributed by atoms with van der Waals surface area (Å²) in [7, 11) is 0. The average Bonchev–Trinajstić information content (AvgIpc) is 2.33. The molecule has 2 nitrogen and oxygen atoms in total. The van der Waals surface area contributed by atoms with Gasteiger partial charge in [-0.2, -0.15) is 13.2 Å². The molecule has 20 heavy (non-hydrogen) atoms. The maximum atomic E-state index is 12.8. The van der Waals surface area contributed by atoms with Crippen molar-refractivity contribution in [3.05, 3.63) is 0 Å². The van der Waals surface area contributed by atoms with Crippen LogP contribution in [0.5, 0.6) is 0 Å². The summed E-state index contributed by atoms with van der Waals surface area (Å²) < 4.78 is 38.4. The molecule has 0 N–H and O–H groups in total. The topological polar surface area (TPSA) is 20.3 Å². The number of rotatable bonds is 2. The van der Waals surface area contributed by atoms with E-state index in [1.165, 1.54) is 0 Å². The molecule has 5 heteroatoms. The second-order valence-electron chi connectivity index (χ2n) is 6.74. The highest BCUT2D eigenvalue weighted by Crippen LogP contribution is 2.35. The lowest BCUT2D eigenvalue weighted by molar-refractivity contribution is -0.187. The zero-order valence-electron chi connectivity index (χ0n) is 12.2. The van der Waals surface area contributed by atoms with Gasteiger partial charge in [-0.05, 0) is 37.6 Å². The van der Waals surface area contributed by atoms with E-state index in [1.807, 2.05) is 4.90 Å². The van der Waals surface area contributed by atoms with E-state index in [2.05, 4.69) is 13.8 Å². The lowest BCUT2D eigenvalue weighted by Crippen LogP contribution is -2.46. The molecule has 4 atom stereocenters. The van der Waals surface area contributed by atoms with E-state index < -0.39 is 12.1 Å². The summed E-state index contributed by atoms with van der Waals surface area (Å²) in [5, 5.41) is 0. The van der Waals surface area contributed by atoms with Crippen LogP contribution in [0.15, 0.2) is 0 Å². The van der Waals surface area contributed by atoms with E-state index >= 15 is 0 Å². The van der Waals surface area contributed by atoms with Gasteiger partial charge in [-0.15, -0.1) is 0 Å². The van der Waals surface area contributed by atoms with Crippen molar-refractivity contribution in [2.24, 2.45) is 23.7 Å². The smallest absolute Gasteiger partial charge is 0.302 e. The van der Waals surface area contributed by atoms with Crippen LogP contribution in [-0.4, -0.2) is 36.5 Å². The number of ketones is 1. The summed E-state index contributed by atoms with van der Waals surface area (Å²) in [5.74, 6) is -0.344. The highest BCUT2D eigenvalue weighted by Gasteiger charge is 2.43. The second-order valence-corrected chi connectivity index (χ2v) is 6.74. The van der Waals surface area contributed by atoms with Gasteiger partial charge in [0.15, 0.2) is 0 Å². The fourth-order valence-electron chi connectivity index (χ4n) is 3.74. The Morgan fingerprint density at radius 1 is 1.30 bits per heavy atom. The predicted molar refractivity (Wildman–Crippen MR) is 71.3 cm³/mol. The van der Waals surface area contributed by atoms with E-state index in [9.17, 15) is 18.0 Å². The van der Waals surface area contributed by atoms with E-state index in [-0.39, 0.29) is 30.6 Å². The third-order valence-electron chi connectivity index (χ3n) is 4.85. The van der Waals surface area contributed by atoms with Crippen molar-refractivity contribution >= 4 is 5.78 Å². The Balaban J connectivity index is 1.94. The Morgan fingerprint density at radius 2 is 2.00 bits per heavy atom. The molecule has 116 valence electrons. The molecule has 0 radical (unpaired) electrons. The first-order valence-corrected chi connectivity index (χ1v) is 7.59. The first-order chi connectivity index (χ1) is 9.27. The molecule has 0 aromatic heterocycles. The molecule has 0 spiro atoms. The summed E-state index contributed by atoms with van der Waals surface area (Å²) in [6, 6.07) is 0. The fraction of sp³-hybridized carbons (Fsp3) is 0.933. The quantitative estimate of drug-likeness (QED) is 0.776. The van der Waals surface area contributed by atoms with Crippen LogP contribution in [0.3, 0.4) is 0 Å². The minimum Gasteiger partial charge on any atom is -0.302 e. The van der Waals surface area contributed by atoms with Gasteiger partial charge in [0.1, 0.15) is 5.78 Å². The third kappa shape index (κ3) is 3.74. The second kappa shape index (κ2) is 6.04. The van der Waals surface area contributed by atoms with Gasteiger partial charge in [0, 0.05) is 25.4 Å². The monoisotopic (exact) mass is 291 g/mol. The Labute approximate surface area is 118 Å². The van der Waals surface area contributed by atoms with Crippen LogP contribution in [0.2, 0.25) is 0 Å². The number of hydrogen-bond acceptors (Lipinski definition) is 2. The number of alkyl halides is 3. The number of nitrogens with zero attached hydrogens (tertiary/aromatic N) is 1. The summed E-state index contributed by atoms with van der Waals surface area (Å²) in [4.78, 5) is 14.0. The van der Waals surface area contributed by atoms with Crippen molar-refractivity contribution in [2.45, 2.75) is 45.7 Å². The van der Waals surface area contributed by atoms with E-state index in [0.29, 0.717) is 31.8 Å². The van der Waals surface area contributed by atoms with E-state index in [0.717, 1.165) is 6.42 Å². The molecule has 1 heterocycles. The van der Waals surface area contributed by atoms with Crippen molar-refractivity contribution in [1.29, 1.82) is 0 Å². The van der Waals surface area contributed by atoms with Gasteiger partial charge < -0.3 is 4.90 Å². The predicted octanol–water partition coefficient (Wildman–Crippen LogP) is 3.51. The highest BCUT2D eigenvalue weighted by atomic mass is 19.4. The summed E-state index contributed by atoms with van der Waals surface area (Å²) in [6.45, 7) is 5.40. The molecule has 2 aliphatic rings. The van der Waals surface area contributed by atoms with Crippen LogP contribution < -0.4 is 0 Å². The minimum absolute atomic E-state index is 0.0650. The molecular formula is C15H24F3NO. The van der Waals surface area contributed by atoms with Gasteiger partial charge in [-0.1, -0.05) is 13.8 Å². The summed E-state index contributed by atoms with van der Waals surface area (Å²) in [5.41, 5.74) is 0. The summed E-state index contributed by atoms with van der Waals surface area (Å²) >= 11 is 0. The fourth-order valence-corrected chi connectivity index (χ4v) is 3.74. The molecule has 2 fully saturated rings. The van der Waals surface area contributed by atoms with Crippen LogP contribution in [-0.2, 0) is 4.79 Å². The Hall–Kier alpha value is -0.580. The largest absolute Gasteiger partial charge is 0.393 e. The van der Waals surface area contributed by atoms with Crippen LogP contribution in [0.1, 0.15) is 39.5 Å². The number of likely N-dealkylation sites (tertiary alicyclic amines) is 1. The first kappa shape index (κ1) is 15.8. The van der Waals surface area contributed by atoms with Gasteiger partial charge >= 0.3 is 6.18 Å². The van der Waals surface area contributed by atoms with Crippen molar-refractivity contribution in [3.63, 3.8) is 0 Å². The molecule has 1 saturated heterocycles.